The summed E-state index contributed by atoms with van der Waals surface area (Å²) < 4.78 is 26.8. The maximum atomic E-state index is 13.7. The van der Waals surface area contributed by atoms with E-state index in [4.69, 9.17) is 5.73 Å². The van der Waals surface area contributed by atoms with Gasteiger partial charge in [0.1, 0.15) is 16.6 Å². The van der Waals surface area contributed by atoms with Crippen LogP contribution in [-0.4, -0.2) is 10.2 Å². The molecule has 1 aromatic heterocycles. The van der Waals surface area contributed by atoms with Gasteiger partial charge in [-0.1, -0.05) is 18.3 Å². The van der Waals surface area contributed by atoms with E-state index in [1.165, 1.54) is 17.4 Å². The largest absolute Gasteiger partial charge is 0.322 e. The van der Waals surface area contributed by atoms with Gasteiger partial charge in [0.2, 0.25) is 0 Å². The van der Waals surface area contributed by atoms with E-state index < -0.39 is 11.6 Å². The van der Waals surface area contributed by atoms with Crippen LogP contribution < -0.4 is 5.73 Å². The average Bonchev–Trinajstić information content (AvgIpc) is 2.82. The van der Waals surface area contributed by atoms with Crippen molar-refractivity contribution in [3.05, 3.63) is 34.3 Å². The van der Waals surface area contributed by atoms with Gasteiger partial charge in [0.25, 0.3) is 0 Å². The number of benzene rings is 1. The molecule has 0 saturated carbocycles. The van der Waals surface area contributed by atoms with Gasteiger partial charge in [-0.2, -0.15) is 0 Å². The summed E-state index contributed by atoms with van der Waals surface area (Å²) in [5.74, 6) is -1.20. The number of aromatic nitrogens is 2. The predicted molar refractivity (Wildman–Crippen MR) is 67.2 cm³/mol. The van der Waals surface area contributed by atoms with Crippen LogP contribution in [-0.2, 0) is 0 Å². The first-order valence-corrected chi connectivity index (χ1v) is 6.39. The van der Waals surface area contributed by atoms with Crippen LogP contribution in [0.25, 0.3) is 10.6 Å². The molecule has 1 aromatic carbocycles. The van der Waals surface area contributed by atoms with Crippen molar-refractivity contribution in [1.82, 2.24) is 10.2 Å². The lowest BCUT2D eigenvalue weighted by atomic mass is 10.1. The molecular formula is C12H13F2N3S. The van der Waals surface area contributed by atoms with E-state index in [-0.39, 0.29) is 11.6 Å². The van der Waals surface area contributed by atoms with E-state index in [0.29, 0.717) is 15.6 Å². The van der Waals surface area contributed by atoms with Gasteiger partial charge in [-0.25, -0.2) is 8.78 Å². The Morgan fingerprint density at radius 3 is 2.67 bits per heavy atom. The number of hydrogen-bond acceptors (Lipinski definition) is 4. The highest BCUT2D eigenvalue weighted by molar-refractivity contribution is 7.14. The second-order valence-corrected chi connectivity index (χ2v) is 5.05. The van der Waals surface area contributed by atoms with Crippen molar-refractivity contribution in [2.75, 3.05) is 0 Å². The summed E-state index contributed by atoms with van der Waals surface area (Å²) in [6.45, 7) is 3.52. The second-order valence-electron chi connectivity index (χ2n) is 4.04. The van der Waals surface area contributed by atoms with Crippen molar-refractivity contribution in [2.24, 2.45) is 5.73 Å². The third-order valence-electron chi connectivity index (χ3n) is 2.68. The number of aryl methyl sites for hydroxylation is 1. The summed E-state index contributed by atoms with van der Waals surface area (Å²) in [7, 11) is 0. The summed E-state index contributed by atoms with van der Waals surface area (Å²) >= 11 is 1.24. The minimum Gasteiger partial charge on any atom is -0.322 e. The number of nitrogens with two attached hydrogens (primary N) is 1. The van der Waals surface area contributed by atoms with Gasteiger partial charge >= 0.3 is 0 Å². The quantitative estimate of drug-likeness (QED) is 0.931. The fourth-order valence-electron chi connectivity index (χ4n) is 1.49. The summed E-state index contributed by atoms with van der Waals surface area (Å²) in [4.78, 5) is 0. The first-order chi connectivity index (χ1) is 8.52. The minimum absolute atomic E-state index is 0.194. The standard InChI is InChI=1S/C12H13F2N3S/c1-3-10(15)12-17-16-11(18-12)7-4-6(2)8(13)5-9(7)14/h4-5,10H,3,15H2,1-2H3. The molecule has 0 spiro atoms. The highest BCUT2D eigenvalue weighted by Gasteiger charge is 2.16. The Balaban J connectivity index is 2.43. The van der Waals surface area contributed by atoms with Crippen molar-refractivity contribution in [2.45, 2.75) is 26.3 Å². The minimum atomic E-state index is -0.633. The van der Waals surface area contributed by atoms with Gasteiger partial charge in [-0.15, -0.1) is 10.2 Å². The van der Waals surface area contributed by atoms with Crippen LogP contribution in [0.3, 0.4) is 0 Å². The normalized spacial score (nSPS) is 12.7. The first-order valence-electron chi connectivity index (χ1n) is 5.58. The van der Waals surface area contributed by atoms with Crippen LogP contribution in [0.2, 0.25) is 0 Å². The number of nitrogens with zero attached hydrogens (tertiary/aromatic N) is 2. The van der Waals surface area contributed by atoms with Gasteiger partial charge in [0.05, 0.1) is 6.04 Å². The zero-order valence-electron chi connectivity index (χ0n) is 10.1. The molecule has 18 heavy (non-hydrogen) atoms. The molecule has 0 saturated heterocycles. The third-order valence-corrected chi connectivity index (χ3v) is 3.76. The molecule has 0 aliphatic carbocycles. The third kappa shape index (κ3) is 2.39. The molecule has 3 nitrogen and oxygen atoms in total. The molecule has 2 aromatic rings. The lowest BCUT2D eigenvalue weighted by molar-refractivity contribution is 0.579. The lowest BCUT2D eigenvalue weighted by Gasteiger charge is -2.02. The highest BCUT2D eigenvalue weighted by atomic mass is 32.1. The summed E-state index contributed by atoms with van der Waals surface area (Å²) in [5.41, 5.74) is 6.47. The number of rotatable bonds is 3. The SMILES string of the molecule is CCC(N)c1nnc(-c2cc(C)c(F)cc2F)s1. The molecule has 0 aliphatic heterocycles. The van der Waals surface area contributed by atoms with Gasteiger partial charge in [-0.05, 0) is 25.0 Å². The van der Waals surface area contributed by atoms with Crippen LogP contribution in [0.4, 0.5) is 8.78 Å². The van der Waals surface area contributed by atoms with Crippen LogP contribution in [0.1, 0.15) is 30.0 Å². The lowest BCUT2D eigenvalue weighted by Crippen LogP contribution is -2.07. The molecule has 1 atom stereocenters. The van der Waals surface area contributed by atoms with E-state index in [9.17, 15) is 8.78 Å². The molecule has 2 N–H and O–H groups in total. The monoisotopic (exact) mass is 269 g/mol. The maximum Gasteiger partial charge on any atom is 0.150 e. The smallest absolute Gasteiger partial charge is 0.150 e. The zero-order valence-corrected chi connectivity index (χ0v) is 10.9. The Hall–Kier alpha value is -1.40. The Labute approximate surface area is 108 Å². The van der Waals surface area contributed by atoms with Crippen LogP contribution in [0.5, 0.6) is 0 Å². The van der Waals surface area contributed by atoms with Gasteiger partial charge in [0, 0.05) is 11.6 Å². The molecule has 0 fully saturated rings. The fourth-order valence-corrected chi connectivity index (χ4v) is 2.43. The molecule has 2 rings (SSSR count). The van der Waals surface area contributed by atoms with Crippen LogP contribution in [0.15, 0.2) is 12.1 Å². The molecular weight excluding hydrogens is 256 g/mol. The van der Waals surface area contributed by atoms with E-state index in [2.05, 4.69) is 10.2 Å². The van der Waals surface area contributed by atoms with E-state index in [1.807, 2.05) is 6.92 Å². The Morgan fingerprint density at radius 1 is 1.28 bits per heavy atom. The predicted octanol–water partition coefficient (Wildman–Crippen LogP) is 3.20. The van der Waals surface area contributed by atoms with Crippen molar-refractivity contribution >= 4 is 11.3 Å². The molecule has 0 aliphatic rings. The van der Waals surface area contributed by atoms with Crippen LogP contribution >= 0.6 is 11.3 Å². The molecule has 0 radical (unpaired) electrons. The number of hydrogen-bond donors (Lipinski definition) is 1. The van der Waals surface area contributed by atoms with Gasteiger partial charge in [0.15, 0.2) is 5.01 Å². The van der Waals surface area contributed by atoms with Crippen molar-refractivity contribution in [1.29, 1.82) is 0 Å². The zero-order chi connectivity index (χ0) is 13.3. The van der Waals surface area contributed by atoms with Gasteiger partial charge < -0.3 is 5.73 Å². The van der Waals surface area contributed by atoms with Crippen molar-refractivity contribution < 1.29 is 8.78 Å². The first kappa shape index (κ1) is 13.0. The summed E-state index contributed by atoms with van der Waals surface area (Å²) in [5, 5.41) is 8.94. The molecule has 6 heteroatoms. The molecule has 96 valence electrons. The Morgan fingerprint density at radius 2 is 2.00 bits per heavy atom. The molecule has 1 unspecified atom stereocenters. The molecule has 0 bridgehead atoms. The highest BCUT2D eigenvalue weighted by Crippen LogP contribution is 2.30. The fraction of sp³-hybridized carbons (Fsp3) is 0.333. The van der Waals surface area contributed by atoms with E-state index in [0.717, 1.165) is 12.5 Å². The Kier molecular flexibility index (Phi) is 3.68. The number of halogens is 2. The second kappa shape index (κ2) is 5.07. The van der Waals surface area contributed by atoms with Crippen LogP contribution in [0, 0.1) is 18.6 Å². The molecule has 1 heterocycles. The average molecular weight is 269 g/mol. The van der Waals surface area contributed by atoms with Crippen molar-refractivity contribution in [3.8, 4) is 10.6 Å². The van der Waals surface area contributed by atoms with Crippen molar-refractivity contribution in [3.63, 3.8) is 0 Å². The maximum absolute atomic E-state index is 13.7. The summed E-state index contributed by atoms with van der Waals surface area (Å²) in [6.07, 6.45) is 0.736. The molecule has 0 amide bonds. The topological polar surface area (TPSA) is 51.8 Å². The Bertz CT molecular complexity index is 568. The summed E-state index contributed by atoms with van der Waals surface area (Å²) in [6, 6.07) is 2.11. The van der Waals surface area contributed by atoms with E-state index in [1.54, 1.807) is 6.92 Å². The van der Waals surface area contributed by atoms with Gasteiger partial charge in [-0.3, -0.25) is 0 Å². The van der Waals surface area contributed by atoms with E-state index >= 15 is 0 Å².